The van der Waals surface area contributed by atoms with E-state index in [-0.39, 0.29) is 13.1 Å². The summed E-state index contributed by atoms with van der Waals surface area (Å²) in [5.74, 6) is -0.224. The SMILES string of the molecule is COc1ccc(CCNC(=O)[C@H](C)N(Cc2ccc(F)cc2)C(=O)CN(Cc2ccccc2)S(C)(=O)=O)cc1OC. The molecule has 0 fully saturated rings. The fourth-order valence-corrected chi connectivity index (χ4v) is 4.93. The normalized spacial score (nSPS) is 12.0. The second-order valence-corrected chi connectivity index (χ2v) is 11.6. The fourth-order valence-electron chi connectivity index (χ4n) is 4.20. The van der Waals surface area contributed by atoms with Crippen molar-refractivity contribution in [3.8, 4) is 11.5 Å². The maximum Gasteiger partial charge on any atom is 0.242 e. The molecule has 3 aromatic carbocycles. The summed E-state index contributed by atoms with van der Waals surface area (Å²) in [5, 5.41) is 2.85. The zero-order valence-corrected chi connectivity index (χ0v) is 24.5. The maximum absolute atomic E-state index is 13.6. The van der Waals surface area contributed by atoms with Crippen LogP contribution < -0.4 is 14.8 Å². The quantitative estimate of drug-likeness (QED) is 0.311. The molecule has 0 heterocycles. The van der Waals surface area contributed by atoms with E-state index in [0.29, 0.717) is 30.0 Å². The van der Waals surface area contributed by atoms with Gasteiger partial charge < -0.3 is 19.7 Å². The van der Waals surface area contributed by atoms with E-state index in [0.717, 1.165) is 21.7 Å². The van der Waals surface area contributed by atoms with Gasteiger partial charge in [0, 0.05) is 19.6 Å². The van der Waals surface area contributed by atoms with Crippen LogP contribution in [-0.4, -0.2) is 69.0 Å². The summed E-state index contributed by atoms with van der Waals surface area (Å²) in [6, 6.07) is 19.1. The van der Waals surface area contributed by atoms with Crippen LogP contribution in [0.4, 0.5) is 4.39 Å². The molecule has 41 heavy (non-hydrogen) atoms. The van der Waals surface area contributed by atoms with Crippen LogP contribution >= 0.6 is 0 Å². The van der Waals surface area contributed by atoms with E-state index in [1.807, 2.05) is 18.2 Å². The highest BCUT2D eigenvalue weighted by Crippen LogP contribution is 2.27. The zero-order chi connectivity index (χ0) is 30.0. The van der Waals surface area contributed by atoms with E-state index in [9.17, 15) is 22.4 Å². The number of nitrogens with one attached hydrogen (secondary N) is 1. The van der Waals surface area contributed by atoms with Gasteiger partial charge in [-0.25, -0.2) is 12.8 Å². The first-order valence-corrected chi connectivity index (χ1v) is 14.9. The van der Waals surface area contributed by atoms with Gasteiger partial charge in [-0.3, -0.25) is 9.59 Å². The number of rotatable bonds is 14. The topological polar surface area (TPSA) is 105 Å². The minimum atomic E-state index is -3.76. The van der Waals surface area contributed by atoms with Crippen LogP contribution in [0.25, 0.3) is 0 Å². The van der Waals surface area contributed by atoms with Crippen LogP contribution in [0.5, 0.6) is 11.5 Å². The minimum absolute atomic E-state index is 0.00169. The van der Waals surface area contributed by atoms with Crippen LogP contribution in [0.15, 0.2) is 72.8 Å². The molecule has 0 aliphatic rings. The standard InChI is InChI=1S/C30H36FN3O6S/c1-22(30(36)32-17-16-23-12-15-27(39-2)28(18-23)40-3)34(20-25-10-13-26(31)14-11-25)29(35)21-33(41(4,37)38)19-24-8-6-5-7-9-24/h5-15,18,22H,16-17,19-21H2,1-4H3,(H,32,36)/t22-/m0/s1. The first kappa shape index (κ1) is 31.6. The highest BCUT2D eigenvalue weighted by molar-refractivity contribution is 7.88. The highest BCUT2D eigenvalue weighted by Gasteiger charge is 2.30. The number of nitrogens with zero attached hydrogens (tertiary/aromatic N) is 2. The van der Waals surface area contributed by atoms with Crippen molar-refractivity contribution in [1.29, 1.82) is 0 Å². The lowest BCUT2D eigenvalue weighted by Gasteiger charge is -2.31. The molecule has 0 spiro atoms. The molecule has 1 N–H and O–H groups in total. The van der Waals surface area contributed by atoms with Crippen molar-refractivity contribution in [3.05, 3.63) is 95.3 Å². The monoisotopic (exact) mass is 585 g/mol. The summed E-state index contributed by atoms with van der Waals surface area (Å²) in [4.78, 5) is 28.1. The minimum Gasteiger partial charge on any atom is -0.493 e. The number of ether oxygens (including phenoxy) is 2. The van der Waals surface area contributed by atoms with Gasteiger partial charge >= 0.3 is 0 Å². The Morgan fingerprint density at radius 1 is 0.878 bits per heavy atom. The molecule has 0 saturated heterocycles. The molecule has 0 unspecified atom stereocenters. The number of sulfonamides is 1. The van der Waals surface area contributed by atoms with Gasteiger partial charge in [0.15, 0.2) is 11.5 Å². The molecule has 0 aromatic heterocycles. The summed E-state index contributed by atoms with van der Waals surface area (Å²) in [6.07, 6.45) is 1.54. The smallest absolute Gasteiger partial charge is 0.242 e. The lowest BCUT2D eigenvalue weighted by molar-refractivity contribution is -0.140. The maximum atomic E-state index is 13.6. The largest absolute Gasteiger partial charge is 0.493 e. The number of carbonyl (C=O) groups is 2. The second kappa shape index (κ2) is 14.6. The number of hydrogen-bond donors (Lipinski definition) is 1. The third-order valence-corrected chi connectivity index (χ3v) is 7.77. The Bertz CT molecular complexity index is 1420. The number of benzene rings is 3. The van der Waals surface area contributed by atoms with Crippen LogP contribution in [0.2, 0.25) is 0 Å². The molecule has 0 bridgehead atoms. The average Bonchev–Trinajstić information content (AvgIpc) is 2.96. The van der Waals surface area contributed by atoms with Gasteiger partial charge in [-0.1, -0.05) is 48.5 Å². The van der Waals surface area contributed by atoms with E-state index < -0.39 is 40.2 Å². The highest BCUT2D eigenvalue weighted by atomic mass is 32.2. The second-order valence-electron chi connectivity index (χ2n) is 9.57. The predicted octanol–water partition coefficient (Wildman–Crippen LogP) is 3.38. The van der Waals surface area contributed by atoms with E-state index in [2.05, 4.69) is 5.32 Å². The third kappa shape index (κ3) is 9.29. The Kier molecular flexibility index (Phi) is 11.2. The van der Waals surface area contributed by atoms with Crippen LogP contribution in [0.3, 0.4) is 0 Å². The van der Waals surface area contributed by atoms with Gasteiger partial charge in [-0.2, -0.15) is 4.31 Å². The molecule has 0 aliphatic carbocycles. The molecule has 9 nitrogen and oxygen atoms in total. The Balaban J connectivity index is 1.75. The van der Waals surface area contributed by atoms with E-state index in [1.54, 1.807) is 51.5 Å². The molecular formula is C30H36FN3O6S. The van der Waals surface area contributed by atoms with Crippen molar-refractivity contribution in [1.82, 2.24) is 14.5 Å². The third-order valence-electron chi connectivity index (χ3n) is 6.58. The molecule has 220 valence electrons. The molecule has 11 heteroatoms. The molecule has 0 saturated carbocycles. The summed E-state index contributed by atoms with van der Waals surface area (Å²) < 4.78 is 50.3. The van der Waals surface area contributed by atoms with E-state index in [4.69, 9.17) is 9.47 Å². The number of carbonyl (C=O) groups excluding carboxylic acids is 2. The number of methoxy groups -OCH3 is 2. The zero-order valence-electron chi connectivity index (χ0n) is 23.7. The summed E-state index contributed by atoms with van der Waals surface area (Å²) in [6.45, 7) is 1.40. The van der Waals surface area contributed by atoms with Gasteiger partial charge in [0.25, 0.3) is 0 Å². The van der Waals surface area contributed by atoms with E-state index in [1.165, 1.54) is 29.2 Å². The van der Waals surface area contributed by atoms with Crippen LogP contribution in [0.1, 0.15) is 23.6 Å². The van der Waals surface area contributed by atoms with Gasteiger partial charge in [-0.15, -0.1) is 0 Å². The van der Waals surface area contributed by atoms with E-state index >= 15 is 0 Å². The van der Waals surface area contributed by atoms with Crippen molar-refractivity contribution in [2.75, 3.05) is 33.6 Å². The molecular weight excluding hydrogens is 549 g/mol. The van der Waals surface area contributed by atoms with Crippen molar-refractivity contribution >= 4 is 21.8 Å². The van der Waals surface area contributed by atoms with Gasteiger partial charge in [0.2, 0.25) is 21.8 Å². The molecule has 3 rings (SSSR count). The first-order valence-electron chi connectivity index (χ1n) is 13.0. The Morgan fingerprint density at radius 2 is 1.49 bits per heavy atom. The molecule has 0 aliphatic heterocycles. The van der Waals surface area contributed by atoms with Crippen molar-refractivity contribution in [3.63, 3.8) is 0 Å². The van der Waals surface area contributed by atoms with Gasteiger partial charge in [0.1, 0.15) is 11.9 Å². The Hall–Kier alpha value is -3.96. The molecule has 1 atom stereocenters. The number of halogens is 1. The Labute approximate surface area is 240 Å². The molecule has 0 radical (unpaired) electrons. The fraction of sp³-hybridized carbons (Fsp3) is 0.333. The van der Waals surface area contributed by atoms with Crippen molar-refractivity contribution < 1.29 is 31.9 Å². The summed E-state index contributed by atoms with van der Waals surface area (Å²) in [5.41, 5.74) is 2.23. The lowest BCUT2D eigenvalue weighted by Crippen LogP contribution is -2.51. The first-order chi connectivity index (χ1) is 19.5. The van der Waals surface area contributed by atoms with Crippen molar-refractivity contribution in [2.45, 2.75) is 32.5 Å². The van der Waals surface area contributed by atoms with Crippen molar-refractivity contribution in [2.24, 2.45) is 0 Å². The molecule has 2 amide bonds. The lowest BCUT2D eigenvalue weighted by atomic mass is 10.1. The Morgan fingerprint density at radius 3 is 2.10 bits per heavy atom. The van der Waals surface area contributed by atoms with Crippen LogP contribution in [-0.2, 0) is 39.1 Å². The van der Waals surface area contributed by atoms with Gasteiger partial charge in [0.05, 0.1) is 27.0 Å². The molecule has 3 aromatic rings. The summed E-state index contributed by atoms with van der Waals surface area (Å²) in [7, 11) is -0.661. The predicted molar refractivity (Wildman–Crippen MR) is 154 cm³/mol. The number of hydrogen-bond acceptors (Lipinski definition) is 6. The summed E-state index contributed by atoms with van der Waals surface area (Å²) >= 11 is 0. The average molecular weight is 586 g/mol. The van der Waals surface area contributed by atoms with Gasteiger partial charge in [-0.05, 0) is 54.3 Å². The van der Waals surface area contributed by atoms with Crippen LogP contribution in [0, 0.1) is 5.82 Å². The number of amides is 2.